The number of aliphatic hydroxyl groups is 1. The van der Waals surface area contributed by atoms with Gasteiger partial charge in [0.15, 0.2) is 0 Å². The zero-order valence-corrected chi connectivity index (χ0v) is 17.5. The van der Waals surface area contributed by atoms with E-state index in [1.165, 1.54) is 18.7 Å². The lowest BCUT2D eigenvalue weighted by atomic mass is 9.99. The number of amides is 3. The largest absolute Gasteiger partial charge is 0.480 e. The number of aliphatic hydroxyl groups excluding tert-OH is 1. The molecule has 0 aromatic carbocycles. The first-order valence-electron chi connectivity index (χ1n) is 9.08. The summed E-state index contributed by atoms with van der Waals surface area (Å²) in [6.07, 6.45) is 2.84. The number of carbonyl (C=O) groups is 4. The number of hydrogen-bond acceptors (Lipinski definition) is 7. The summed E-state index contributed by atoms with van der Waals surface area (Å²) in [5.74, 6) is -2.82. The molecule has 0 aromatic heterocycles. The maximum absolute atomic E-state index is 12.2. The zero-order valence-electron chi connectivity index (χ0n) is 16.7. The van der Waals surface area contributed by atoms with Crippen LogP contribution in [0.15, 0.2) is 0 Å². The Morgan fingerprint density at radius 3 is 2.11 bits per heavy atom. The normalized spacial score (nSPS) is 16.2. The highest BCUT2D eigenvalue weighted by molar-refractivity contribution is 7.98. The fourth-order valence-electron chi connectivity index (χ4n) is 2.19. The van der Waals surface area contributed by atoms with Crippen molar-refractivity contribution < 1.29 is 29.4 Å². The molecule has 0 fully saturated rings. The summed E-state index contributed by atoms with van der Waals surface area (Å²) >= 11 is 1.53. The van der Waals surface area contributed by atoms with Gasteiger partial charge in [0.05, 0.1) is 12.6 Å². The Morgan fingerprint density at radius 1 is 1.04 bits per heavy atom. The lowest BCUT2D eigenvalue weighted by Gasteiger charge is -2.24. The van der Waals surface area contributed by atoms with Crippen LogP contribution in [0, 0.1) is 5.92 Å². The SMILES string of the molecule is CC[C@H](C)[C@H](NC(=O)[C@H](C)NC(=O)[C@H](CO)NC(=O)[C@@H](N)CCSC)C(=O)O. The van der Waals surface area contributed by atoms with Crippen molar-refractivity contribution in [3.63, 3.8) is 0 Å². The van der Waals surface area contributed by atoms with Crippen molar-refractivity contribution >= 4 is 35.5 Å². The van der Waals surface area contributed by atoms with E-state index in [4.69, 9.17) is 5.73 Å². The molecule has 0 heterocycles. The van der Waals surface area contributed by atoms with Crippen molar-refractivity contribution in [2.75, 3.05) is 18.6 Å². The third-order valence-electron chi connectivity index (χ3n) is 4.31. The lowest BCUT2D eigenvalue weighted by Crippen LogP contribution is -2.57. The van der Waals surface area contributed by atoms with Gasteiger partial charge in [-0.2, -0.15) is 11.8 Å². The van der Waals surface area contributed by atoms with E-state index in [0.717, 1.165) is 0 Å². The molecule has 162 valence electrons. The van der Waals surface area contributed by atoms with E-state index in [9.17, 15) is 29.4 Å². The monoisotopic (exact) mass is 420 g/mol. The van der Waals surface area contributed by atoms with Crippen LogP contribution in [-0.2, 0) is 19.2 Å². The second-order valence-electron chi connectivity index (χ2n) is 6.57. The van der Waals surface area contributed by atoms with Crippen LogP contribution in [-0.4, -0.2) is 76.7 Å². The predicted molar refractivity (Wildman–Crippen MR) is 107 cm³/mol. The topological polar surface area (TPSA) is 171 Å². The van der Waals surface area contributed by atoms with Gasteiger partial charge in [0.25, 0.3) is 0 Å². The molecule has 0 spiro atoms. The number of carbonyl (C=O) groups excluding carboxylic acids is 3. The van der Waals surface area contributed by atoms with Gasteiger partial charge in [-0.1, -0.05) is 20.3 Å². The quantitative estimate of drug-likeness (QED) is 0.213. The number of aliphatic carboxylic acids is 1. The van der Waals surface area contributed by atoms with Gasteiger partial charge in [-0.3, -0.25) is 14.4 Å². The molecule has 0 saturated heterocycles. The molecule has 0 aliphatic heterocycles. The maximum atomic E-state index is 12.2. The van der Waals surface area contributed by atoms with Crippen LogP contribution >= 0.6 is 11.8 Å². The average molecular weight is 421 g/mol. The standard InChI is InChI=1S/C17H32N4O6S/c1-5-9(2)13(17(26)27)21-14(23)10(3)19-16(25)12(8-22)20-15(24)11(18)6-7-28-4/h9-13,22H,5-8,18H2,1-4H3,(H,19,25)(H,20,24)(H,21,23)(H,26,27)/t9-,10-,11-,12-,13-/m0/s1. The molecule has 5 atom stereocenters. The fraction of sp³-hybridized carbons (Fsp3) is 0.765. The molecule has 3 amide bonds. The molecule has 0 aliphatic rings. The maximum Gasteiger partial charge on any atom is 0.326 e. The van der Waals surface area contributed by atoms with Gasteiger partial charge < -0.3 is 31.9 Å². The Labute approximate surface area is 169 Å². The molecule has 0 bridgehead atoms. The molecule has 11 heteroatoms. The molecule has 7 N–H and O–H groups in total. The number of nitrogens with one attached hydrogen (secondary N) is 3. The summed E-state index contributed by atoms with van der Waals surface area (Å²) < 4.78 is 0. The summed E-state index contributed by atoms with van der Waals surface area (Å²) in [6, 6.07) is -4.23. The van der Waals surface area contributed by atoms with Gasteiger partial charge in [0.1, 0.15) is 18.1 Å². The number of carboxylic acids is 1. The third kappa shape index (κ3) is 8.89. The number of thioether (sulfide) groups is 1. The first-order chi connectivity index (χ1) is 13.1. The summed E-state index contributed by atoms with van der Waals surface area (Å²) in [5, 5.41) is 25.7. The summed E-state index contributed by atoms with van der Waals surface area (Å²) in [4.78, 5) is 47.7. The third-order valence-corrected chi connectivity index (χ3v) is 4.96. The van der Waals surface area contributed by atoms with Crippen LogP contribution in [0.3, 0.4) is 0 Å². The summed E-state index contributed by atoms with van der Waals surface area (Å²) in [7, 11) is 0. The predicted octanol–water partition coefficient (Wildman–Crippen LogP) is -1.34. The van der Waals surface area contributed by atoms with Crippen molar-refractivity contribution in [3.8, 4) is 0 Å². The molecule has 0 radical (unpaired) electrons. The van der Waals surface area contributed by atoms with E-state index >= 15 is 0 Å². The van der Waals surface area contributed by atoms with Crippen molar-refractivity contribution in [2.45, 2.75) is 57.8 Å². The second kappa shape index (κ2) is 13.3. The summed E-state index contributed by atoms with van der Waals surface area (Å²) in [6.45, 7) is 4.20. The Hall–Kier alpha value is -1.85. The number of rotatable bonds is 13. The van der Waals surface area contributed by atoms with E-state index in [-0.39, 0.29) is 5.92 Å². The number of hydrogen-bond donors (Lipinski definition) is 6. The van der Waals surface area contributed by atoms with Crippen LogP contribution in [0.2, 0.25) is 0 Å². The number of carboxylic acid groups (broad SMARTS) is 1. The summed E-state index contributed by atoms with van der Waals surface area (Å²) in [5.41, 5.74) is 5.72. The molecule has 0 unspecified atom stereocenters. The van der Waals surface area contributed by atoms with Crippen molar-refractivity contribution in [2.24, 2.45) is 11.7 Å². The highest BCUT2D eigenvalue weighted by Gasteiger charge is 2.29. The Balaban J connectivity index is 4.80. The van der Waals surface area contributed by atoms with Gasteiger partial charge in [-0.25, -0.2) is 4.79 Å². The van der Waals surface area contributed by atoms with E-state index in [1.807, 2.05) is 6.26 Å². The minimum absolute atomic E-state index is 0.295. The van der Waals surface area contributed by atoms with Crippen LogP contribution < -0.4 is 21.7 Å². The van der Waals surface area contributed by atoms with Gasteiger partial charge in [0, 0.05) is 0 Å². The van der Waals surface area contributed by atoms with Crippen LogP contribution in [0.25, 0.3) is 0 Å². The molecular formula is C17H32N4O6S. The zero-order chi connectivity index (χ0) is 21.9. The van der Waals surface area contributed by atoms with E-state index in [1.54, 1.807) is 13.8 Å². The molecule has 28 heavy (non-hydrogen) atoms. The Kier molecular flexibility index (Phi) is 12.5. The molecular weight excluding hydrogens is 388 g/mol. The van der Waals surface area contributed by atoms with Crippen LogP contribution in [0.4, 0.5) is 0 Å². The van der Waals surface area contributed by atoms with E-state index in [0.29, 0.717) is 18.6 Å². The highest BCUT2D eigenvalue weighted by atomic mass is 32.2. The van der Waals surface area contributed by atoms with Crippen molar-refractivity contribution in [3.05, 3.63) is 0 Å². The fourth-order valence-corrected chi connectivity index (χ4v) is 2.68. The van der Waals surface area contributed by atoms with Crippen LogP contribution in [0.5, 0.6) is 0 Å². The molecule has 0 aliphatic carbocycles. The van der Waals surface area contributed by atoms with Crippen LogP contribution in [0.1, 0.15) is 33.6 Å². The van der Waals surface area contributed by atoms with Gasteiger partial charge in [-0.05, 0) is 31.3 Å². The van der Waals surface area contributed by atoms with Gasteiger partial charge in [-0.15, -0.1) is 0 Å². The Morgan fingerprint density at radius 2 is 1.64 bits per heavy atom. The lowest BCUT2D eigenvalue weighted by molar-refractivity contribution is -0.143. The number of nitrogens with two attached hydrogens (primary N) is 1. The average Bonchev–Trinajstić information content (AvgIpc) is 2.66. The molecule has 0 rings (SSSR count). The van der Waals surface area contributed by atoms with E-state index in [2.05, 4.69) is 16.0 Å². The smallest absolute Gasteiger partial charge is 0.326 e. The van der Waals surface area contributed by atoms with E-state index < -0.39 is 54.5 Å². The van der Waals surface area contributed by atoms with Crippen molar-refractivity contribution in [1.29, 1.82) is 0 Å². The first kappa shape index (κ1) is 26.1. The second-order valence-corrected chi connectivity index (χ2v) is 7.56. The Bertz CT molecular complexity index is 548. The highest BCUT2D eigenvalue weighted by Crippen LogP contribution is 2.08. The minimum Gasteiger partial charge on any atom is -0.480 e. The van der Waals surface area contributed by atoms with Crippen molar-refractivity contribution in [1.82, 2.24) is 16.0 Å². The van der Waals surface area contributed by atoms with Gasteiger partial charge in [0.2, 0.25) is 17.7 Å². The molecule has 10 nitrogen and oxygen atoms in total. The first-order valence-corrected chi connectivity index (χ1v) is 10.5. The molecule has 0 aromatic rings. The minimum atomic E-state index is -1.27. The molecule has 0 saturated carbocycles. The van der Waals surface area contributed by atoms with Gasteiger partial charge >= 0.3 is 5.97 Å².